The van der Waals surface area contributed by atoms with Crippen LogP contribution in [-0.4, -0.2) is 43.0 Å². The van der Waals surface area contributed by atoms with Gasteiger partial charge < -0.3 is 4.90 Å². The Kier molecular flexibility index (Phi) is 4.88. The van der Waals surface area contributed by atoms with Crippen molar-refractivity contribution in [2.45, 2.75) is 27.2 Å². The number of anilines is 1. The van der Waals surface area contributed by atoms with Gasteiger partial charge in [0, 0.05) is 43.5 Å². The van der Waals surface area contributed by atoms with Crippen molar-refractivity contribution in [1.82, 2.24) is 29.9 Å². The third-order valence-corrected chi connectivity index (χ3v) is 5.98. The Hall–Kier alpha value is -3.35. The summed E-state index contributed by atoms with van der Waals surface area (Å²) in [7, 11) is 1.94. The van der Waals surface area contributed by atoms with E-state index in [1.54, 1.807) is 0 Å². The highest BCUT2D eigenvalue weighted by Crippen LogP contribution is 2.28. The summed E-state index contributed by atoms with van der Waals surface area (Å²) in [6, 6.07) is 8.40. The van der Waals surface area contributed by atoms with E-state index in [2.05, 4.69) is 62.2 Å². The minimum Gasteiger partial charge on any atom is -0.353 e. The SMILES string of the molecule is Cc1cc(-c2ccc3nn(C)cc3c2)cnc1-c1ncc(N2C[C@H](C)C[C@H](C)C2)nn1. The first-order valence-corrected chi connectivity index (χ1v) is 10.8. The Labute approximate surface area is 182 Å². The highest BCUT2D eigenvalue weighted by atomic mass is 15.3. The van der Waals surface area contributed by atoms with Crippen LogP contribution in [0, 0.1) is 18.8 Å². The molecule has 7 heteroatoms. The number of rotatable bonds is 3. The molecule has 2 atom stereocenters. The maximum atomic E-state index is 4.68. The number of pyridine rings is 1. The molecular weight excluding hydrogens is 386 g/mol. The molecule has 5 rings (SSSR count). The van der Waals surface area contributed by atoms with E-state index in [1.165, 1.54) is 6.42 Å². The fraction of sp³-hybridized carbons (Fsp3) is 0.375. The normalized spacial score (nSPS) is 19.2. The smallest absolute Gasteiger partial charge is 0.200 e. The van der Waals surface area contributed by atoms with E-state index < -0.39 is 0 Å². The van der Waals surface area contributed by atoms with Crippen molar-refractivity contribution in [3.63, 3.8) is 0 Å². The minimum atomic E-state index is 0.564. The number of hydrogen-bond acceptors (Lipinski definition) is 6. The van der Waals surface area contributed by atoms with Gasteiger partial charge in [0.15, 0.2) is 5.82 Å². The lowest BCUT2D eigenvalue weighted by Crippen LogP contribution is -2.39. The molecule has 3 aromatic heterocycles. The monoisotopic (exact) mass is 413 g/mol. The van der Waals surface area contributed by atoms with Crippen LogP contribution < -0.4 is 4.90 Å². The number of fused-ring (bicyclic) bond motifs is 1. The largest absolute Gasteiger partial charge is 0.353 e. The van der Waals surface area contributed by atoms with Crippen molar-refractivity contribution in [2.24, 2.45) is 18.9 Å². The van der Waals surface area contributed by atoms with Crippen molar-refractivity contribution in [3.8, 4) is 22.6 Å². The highest BCUT2D eigenvalue weighted by Gasteiger charge is 2.23. The van der Waals surface area contributed by atoms with Crippen molar-refractivity contribution in [1.29, 1.82) is 0 Å². The van der Waals surface area contributed by atoms with Crippen molar-refractivity contribution in [3.05, 3.63) is 48.4 Å². The molecule has 0 amide bonds. The van der Waals surface area contributed by atoms with Gasteiger partial charge in [-0.15, -0.1) is 10.2 Å². The van der Waals surface area contributed by atoms with E-state index in [1.807, 2.05) is 43.3 Å². The predicted octanol–water partition coefficient (Wildman–Crippen LogP) is 4.28. The van der Waals surface area contributed by atoms with Crippen molar-refractivity contribution in [2.75, 3.05) is 18.0 Å². The van der Waals surface area contributed by atoms with E-state index in [4.69, 9.17) is 0 Å². The van der Waals surface area contributed by atoms with E-state index in [0.717, 1.165) is 52.2 Å². The van der Waals surface area contributed by atoms with Crippen LogP contribution in [0.1, 0.15) is 25.8 Å². The first-order chi connectivity index (χ1) is 15.0. The van der Waals surface area contributed by atoms with Crippen LogP contribution >= 0.6 is 0 Å². The fourth-order valence-corrected chi connectivity index (χ4v) is 4.67. The highest BCUT2D eigenvalue weighted by molar-refractivity contribution is 5.84. The fourth-order valence-electron chi connectivity index (χ4n) is 4.67. The number of nitrogens with zero attached hydrogens (tertiary/aromatic N) is 7. The van der Waals surface area contributed by atoms with E-state index in [-0.39, 0.29) is 0 Å². The van der Waals surface area contributed by atoms with Gasteiger partial charge >= 0.3 is 0 Å². The summed E-state index contributed by atoms with van der Waals surface area (Å²) in [5, 5.41) is 14.4. The maximum Gasteiger partial charge on any atom is 0.200 e. The Bertz CT molecular complexity index is 1220. The lowest BCUT2D eigenvalue weighted by atomic mass is 9.92. The standard InChI is InChI=1S/C24H27N7/c1-15-7-16(2)13-31(12-15)22-11-26-24(28-27-22)23-17(3)8-19(10-25-23)18-5-6-21-20(9-18)14-30(4)29-21/h5-6,8-11,14-16H,7,12-13H2,1-4H3/t15-,16+. The summed E-state index contributed by atoms with van der Waals surface area (Å²) in [6.45, 7) is 8.64. The van der Waals surface area contributed by atoms with E-state index in [9.17, 15) is 0 Å². The summed E-state index contributed by atoms with van der Waals surface area (Å²) >= 11 is 0. The minimum absolute atomic E-state index is 0.564. The van der Waals surface area contributed by atoms with Crippen LogP contribution in [0.2, 0.25) is 0 Å². The maximum absolute atomic E-state index is 4.68. The van der Waals surface area contributed by atoms with Gasteiger partial charge in [0.1, 0.15) is 5.69 Å². The quantitative estimate of drug-likeness (QED) is 0.499. The molecule has 0 N–H and O–H groups in total. The Balaban J connectivity index is 1.40. The number of aromatic nitrogens is 6. The molecule has 4 heterocycles. The lowest BCUT2D eigenvalue weighted by Gasteiger charge is -2.35. The van der Waals surface area contributed by atoms with Gasteiger partial charge in [-0.05, 0) is 54.5 Å². The molecule has 158 valence electrons. The zero-order chi connectivity index (χ0) is 21.5. The van der Waals surface area contributed by atoms with E-state index >= 15 is 0 Å². The van der Waals surface area contributed by atoms with E-state index in [0.29, 0.717) is 17.7 Å². The van der Waals surface area contributed by atoms with Crippen LogP contribution in [0.15, 0.2) is 42.9 Å². The average molecular weight is 414 g/mol. The molecule has 1 fully saturated rings. The van der Waals surface area contributed by atoms with Crippen LogP contribution in [0.25, 0.3) is 33.5 Å². The molecule has 1 aromatic carbocycles. The first kappa shape index (κ1) is 19.6. The van der Waals surface area contributed by atoms with Gasteiger partial charge in [-0.1, -0.05) is 19.9 Å². The molecule has 0 saturated carbocycles. The Morgan fingerprint density at radius 3 is 2.45 bits per heavy atom. The van der Waals surface area contributed by atoms with Crippen LogP contribution in [-0.2, 0) is 7.05 Å². The van der Waals surface area contributed by atoms with Gasteiger partial charge in [0.25, 0.3) is 0 Å². The van der Waals surface area contributed by atoms with Crippen LogP contribution in [0.4, 0.5) is 5.82 Å². The molecular formula is C24H27N7. The first-order valence-electron chi connectivity index (χ1n) is 10.8. The summed E-state index contributed by atoms with van der Waals surface area (Å²) < 4.78 is 1.83. The molecule has 7 nitrogen and oxygen atoms in total. The Morgan fingerprint density at radius 1 is 0.935 bits per heavy atom. The molecule has 0 aliphatic carbocycles. The zero-order valence-corrected chi connectivity index (χ0v) is 18.4. The van der Waals surface area contributed by atoms with Gasteiger partial charge in [0.05, 0.1) is 11.7 Å². The third kappa shape index (κ3) is 3.87. The molecule has 0 radical (unpaired) electrons. The molecule has 4 aromatic rings. The van der Waals surface area contributed by atoms with Crippen molar-refractivity contribution >= 4 is 16.7 Å². The number of aryl methyl sites for hydroxylation is 2. The zero-order valence-electron chi connectivity index (χ0n) is 18.4. The molecule has 1 aliphatic rings. The van der Waals surface area contributed by atoms with Gasteiger partial charge in [0.2, 0.25) is 5.82 Å². The topological polar surface area (TPSA) is 72.6 Å². The molecule has 31 heavy (non-hydrogen) atoms. The summed E-state index contributed by atoms with van der Waals surface area (Å²) in [6.07, 6.45) is 7.00. The second-order valence-electron chi connectivity index (χ2n) is 8.96. The van der Waals surface area contributed by atoms with Crippen LogP contribution in [0.3, 0.4) is 0 Å². The lowest BCUT2D eigenvalue weighted by molar-refractivity contribution is 0.354. The Morgan fingerprint density at radius 2 is 1.74 bits per heavy atom. The number of hydrogen-bond donors (Lipinski definition) is 0. The summed E-state index contributed by atoms with van der Waals surface area (Å²) in [4.78, 5) is 11.6. The summed E-state index contributed by atoms with van der Waals surface area (Å²) in [5.74, 6) is 2.73. The van der Waals surface area contributed by atoms with Gasteiger partial charge in [-0.3, -0.25) is 9.67 Å². The summed E-state index contributed by atoms with van der Waals surface area (Å²) in [5.41, 5.74) is 4.96. The van der Waals surface area contributed by atoms with Gasteiger partial charge in [-0.2, -0.15) is 5.10 Å². The second-order valence-corrected chi connectivity index (χ2v) is 8.96. The molecule has 0 unspecified atom stereocenters. The molecule has 1 saturated heterocycles. The number of piperidine rings is 1. The predicted molar refractivity (Wildman–Crippen MR) is 123 cm³/mol. The molecule has 1 aliphatic heterocycles. The number of benzene rings is 1. The molecule has 0 spiro atoms. The third-order valence-electron chi connectivity index (χ3n) is 5.98. The average Bonchev–Trinajstić information content (AvgIpc) is 3.12. The second kappa shape index (κ2) is 7.72. The molecule has 0 bridgehead atoms. The van der Waals surface area contributed by atoms with Gasteiger partial charge in [-0.25, -0.2) is 4.98 Å². The van der Waals surface area contributed by atoms with Crippen molar-refractivity contribution < 1.29 is 0 Å². The van der Waals surface area contributed by atoms with Crippen LogP contribution in [0.5, 0.6) is 0 Å².